The molecule has 196 valence electrons. The zero-order valence-electron chi connectivity index (χ0n) is 19.6. The number of nitrogens with zero attached hydrogens (tertiary/aromatic N) is 3. The second-order valence-corrected chi connectivity index (χ2v) is 9.42. The Kier molecular flexibility index (Phi) is 8.53. The van der Waals surface area contributed by atoms with Gasteiger partial charge in [0.05, 0.1) is 29.8 Å². The molecule has 9 nitrogen and oxygen atoms in total. The van der Waals surface area contributed by atoms with Gasteiger partial charge in [0.2, 0.25) is 11.8 Å². The number of carbonyl (C=O) groups excluding carboxylic acids is 1. The van der Waals surface area contributed by atoms with Crippen LogP contribution in [0.15, 0.2) is 61.5 Å². The summed E-state index contributed by atoms with van der Waals surface area (Å²) in [5, 5.41) is 12.7. The van der Waals surface area contributed by atoms with E-state index in [-0.39, 0.29) is 15.1 Å². The van der Waals surface area contributed by atoms with Gasteiger partial charge in [-0.25, -0.2) is 9.79 Å². The van der Waals surface area contributed by atoms with Gasteiger partial charge in [-0.3, -0.25) is 18.7 Å². The summed E-state index contributed by atoms with van der Waals surface area (Å²) in [6, 6.07) is 9.60. The van der Waals surface area contributed by atoms with E-state index in [0.717, 1.165) is 21.3 Å². The minimum absolute atomic E-state index is 0.124. The maximum absolute atomic E-state index is 13.4. The van der Waals surface area contributed by atoms with Gasteiger partial charge < -0.3 is 15.2 Å². The van der Waals surface area contributed by atoms with E-state index in [2.05, 4.69) is 26.2 Å². The molecule has 0 bridgehead atoms. The molecule has 0 fully saturated rings. The first-order valence-corrected chi connectivity index (χ1v) is 12.1. The molecule has 1 aromatic heterocycles. The van der Waals surface area contributed by atoms with E-state index in [9.17, 15) is 32.7 Å². The summed E-state index contributed by atoms with van der Waals surface area (Å²) in [6.07, 6.45) is -4.71. The van der Waals surface area contributed by atoms with Crippen LogP contribution >= 0.6 is 27.7 Å². The van der Waals surface area contributed by atoms with Gasteiger partial charge in [-0.2, -0.15) is 13.2 Å². The molecule has 0 aliphatic rings. The molecule has 3 rings (SSSR count). The molecule has 0 aliphatic carbocycles. The number of hydrogen-bond acceptors (Lipinski definition) is 7. The van der Waals surface area contributed by atoms with E-state index < -0.39 is 46.2 Å². The fourth-order valence-electron chi connectivity index (χ4n) is 3.14. The third kappa shape index (κ3) is 6.43. The van der Waals surface area contributed by atoms with Crippen LogP contribution in [-0.4, -0.2) is 38.1 Å². The lowest BCUT2D eigenvalue weighted by molar-refractivity contribution is -0.137. The number of aromatic nitrogens is 2. The molecule has 2 aromatic carbocycles. The second-order valence-electron chi connectivity index (χ2n) is 7.54. The zero-order chi connectivity index (χ0) is 27.5. The minimum atomic E-state index is -4.71. The average Bonchev–Trinajstić information content (AvgIpc) is 2.85. The lowest BCUT2D eigenvalue weighted by atomic mass is 10.1. The molecule has 2 N–H and O–H groups in total. The second kappa shape index (κ2) is 11.3. The highest BCUT2D eigenvalue weighted by molar-refractivity contribution is 9.10. The first kappa shape index (κ1) is 28.1. The third-order valence-electron chi connectivity index (χ3n) is 5.05. The highest BCUT2D eigenvalue weighted by Gasteiger charge is 2.34. The topological polar surface area (TPSA) is 115 Å². The van der Waals surface area contributed by atoms with Crippen LogP contribution in [-0.2, 0) is 25.1 Å². The van der Waals surface area contributed by atoms with Crippen molar-refractivity contribution in [2.75, 3.05) is 18.2 Å². The first-order valence-electron chi connectivity index (χ1n) is 10.3. The van der Waals surface area contributed by atoms with Gasteiger partial charge in [0, 0.05) is 18.6 Å². The van der Waals surface area contributed by atoms with Crippen molar-refractivity contribution >= 4 is 50.0 Å². The number of halogens is 4. The van der Waals surface area contributed by atoms with Gasteiger partial charge in [-0.1, -0.05) is 27.7 Å². The van der Waals surface area contributed by atoms with Gasteiger partial charge in [-0.05, 0) is 42.5 Å². The average molecular weight is 601 g/mol. The number of aromatic hydroxyl groups is 1. The van der Waals surface area contributed by atoms with Gasteiger partial charge in [-0.15, -0.1) is 0 Å². The Balaban J connectivity index is 1.99. The van der Waals surface area contributed by atoms with Gasteiger partial charge in [0.15, 0.2) is 0 Å². The molecule has 0 spiro atoms. The monoisotopic (exact) mass is 600 g/mol. The van der Waals surface area contributed by atoms with E-state index in [0.29, 0.717) is 23.2 Å². The molecule has 3 aromatic rings. The van der Waals surface area contributed by atoms with Crippen molar-refractivity contribution < 1.29 is 27.8 Å². The number of nitrogens with one attached hydrogen (secondary N) is 1. The smallest absolute Gasteiger partial charge is 0.418 e. The van der Waals surface area contributed by atoms with Crippen LogP contribution in [0.1, 0.15) is 11.1 Å². The predicted octanol–water partition coefficient (Wildman–Crippen LogP) is 4.03. The maximum atomic E-state index is 13.4. The lowest BCUT2D eigenvalue weighted by Gasteiger charge is -2.15. The number of methoxy groups -OCH3 is 1. The number of aliphatic imine (C=N–C) groups is 1. The summed E-state index contributed by atoms with van der Waals surface area (Å²) >= 11 is 3.68. The Labute approximate surface area is 220 Å². The number of alkyl halides is 3. The molecule has 0 radical (unpaired) electrons. The van der Waals surface area contributed by atoms with Crippen LogP contribution < -0.4 is 21.3 Å². The molecule has 1 amide bonds. The minimum Gasteiger partial charge on any atom is -0.497 e. The van der Waals surface area contributed by atoms with Crippen LogP contribution in [0.25, 0.3) is 0 Å². The highest BCUT2D eigenvalue weighted by Crippen LogP contribution is 2.36. The predicted molar refractivity (Wildman–Crippen MR) is 138 cm³/mol. The molecular weight excluding hydrogens is 581 g/mol. The summed E-state index contributed by atoms with van der Waals surface area (Å²) in [5.41, 5.74) is -3.17. The Hall–Kier alpha value is -3.52. The van der Waals surface area contributed by atoms with Crippen molar-refractivity contribution in [1.29, 1.82) is 0 Å². The maximum Gasteiger partial charge on any atom is 0.418 e. The van der Waals surface area contributed by atoms with Crippen LogP contribution in [0, 0.1) is 0 Å². The Morgan fingerprint density at radius 3 is 2.38 bits per heavy atom. The van der Waals surface area contributed by atoms with E-state index >= 15 is 0 Å². The Bertz CT molecular complexity index is 1480. The quantitative estimate of drug-likeness (QED) is 0.326. The standard InChI is InChI=1S/C23H20BrF3N4O5S/c1-30-20(33)18(21(34)31(2)22(30)35)19(28-13-5-7-14(36-3)8-6-13)37-11-17(32)29-16-9-4-12(24)10-15(16)23(25,26)27/h4-10,33H,11H2,1-3H3,(H,29,32). The molecule has 1 heterocycles. The van der Waals surface area contributed by atoms with Crippen molar-refractivity contribution in [2.45, 2.75) is 6.18 Å². The van der Waals surface area contributed by atoms with Crippen LogP contribution in [0.2, 0.25) is 0 Å². The molecule has 37 heavy (non-hydrogen) atoms. The number of thioether (sulfide) groups is 1. The summed E-state index contributed by atoms with van der Waals surface area (Å²) < 4.78 is 47.1. The van der Waals surface area contributed by atoms with Crippen molar-refractivity contribution in [3.05, 3.63) is 78.9 Å². The number of rotatable bonds is 6. The summed E-state index contributed by atoms with van der Waals surface area (Å²) in [6.45, 7) is 0. The van der Waals surface area contributed by atoms with E-state index in [1.807, 2.05) is 0 Å². The van der Waals surface area contributed by atoms with Crippen molar-refractivity contribution in [2.24, 2.45) is 19.1 Å². The SMILES string of the molecule is COc1ccc(N=C(SCC(=O)Nc2ccc(Br)cc2C(F)(F)F)c2c(O)n(C)c(=O)n(C)c2=O)cc1. The van der Waals surface area contributed by atoms with Gasteiger partial charge >= 0.3 is 11.9 Å². The number of anilines is 1. The molecule has 0 aliphatic heterocycles. The fourth-order valence-corrected chi connectivity index (χ4v) is 4.33. The molecular formula is C23H20BrF3N4O5S. The first-order chi connectivity index (χ1) is 17.3. The number of amides is 1. The summed E-state index contributed by atoms with van der Waals surface area (Å²) in [7, 11) is 3.93. The number of ether oxygens (including phenoxy) is 1. The molecule has 14 heteroatoms. The highest BCUT2D eigenvalue weighted by atomic mass is 79.9. The normalized spacial score (nSPS) is 11.9. The molecule has 0 saturated heterocycles. The number of hydrogen-bond donors (Lipinski definition) is 2. The van der Waals surface area contributed by atoms with Crippen molar-refractivity contribution in [3.63, 3.8) is 0 Å². The molecule has 0 unspecified atom stereocenters. The van der Waals surface area contributed by atoms with Crippen LogP contribution in [0.5, 0.6) is 11.6 Å². The van der Waals surface area contributed by atoms with Gasteiger partial charge in [0.25, 0.3) is 5.56 Å². The molecule has 0 saturated carbocycles. The van der Waals surface area contributed by atoms with E-state index in [1.165, 1.54) is 27.3 Å². The number of carbonyl (C=O) groups is 1. The summed E-state index contributed by atoms with van der Waals surface area (Å²) in [4.78, 5) is 42.0. The largest absolute Gasteiger partial charge is 0.497 e. The third-order valence-corrected chi connectivity index (χ3v) is 6.52. The van der Waals surface area contributed by atoms with Crippen molar-refractivity contribution in [1.82, 2.24) is 9.13 Å². The fraction of sp³-hybridized carbons (Fsp3) is 0.217. The lowest BCUT2D eigenvalue weighted by Crippen LogP contribution is -2.39. The zero-order valence-corrected chi connectivity index (χ0v) is 22.0. The van der Waals surface area contributed by atoms with Gasteiger partial charge in [0.1, 0.15) is 16.4 Å². The molecule has 0 atom stereocenters. The Morgan fingerprint density at radius 2 is 1.78 bits per heavy atom. The number of benzene rings is 2. The van der Waals surface area contributed by atoms with Crippen LogP contribution in [0.3, 0.4) is 0 Å². The van der Waals surface area contributed by atoms with E-state index in [4.69, 9.17) is 4.74 Å². The van der Waals surface area contributed by atoms with E-state index in [1.54, 1.807) is 24.3 Å². The Morgan fingerprint density at radius 1 is 1.14 bits per heavy atom. The van der Waals surface area contributed by atoms with Crippen molar-refractivity contribution in [3.8, 4) is 11.6 Å². The summed E-state index contributed by atoms with van der Waals surface area (Å²) in [5.74, 6) is -1.43. The van der Waals surface area contributed by atoms with Crippen LogP contribution in [0.4, 0.5) is 24.5 Å².